The van der Waals surface area contributed by atoms with Crippen LogP contribution in [0.2, 0.25) is 0 Å². The highest BCUT2D eigenvalue weighted by molar-refractivity contribution is 7.89. The minimum absolute atomic E-state index is 0.180. The maximum absolute atomic E-state index is 12.9. The Morgan fingerprint density at radius 1 is 1.14 bits per heavy atom. The van der Waals surface area contributed by atoms with Crippen molar-refractivity contribution >= 4 is 21.6 Å². The van der Waals surface area contributed by atoms with Gasteiger partial charge < -0.3 is 14.5 Å². The van der Waals surface area contributed by atoms with Crippen LogP contribution >= 0.6 is 0 Å². The van der Waals surface area contributed by atoms with E-state index in [1.807, 2.05) is 32.6 Å². The summed E-state index contributed by atoms with van der Waals surface area (Å²) in [5.41, 5.74) is 0.756. The summed E-state index contributed by atoms with van der Waals surface area (Å²) >= 11 is 0. The summed E-state index contributed by atoms with van der Waals surface area (Å²) in [6, 6.07) is 5.00. The first-order valence-corrected chi connectivity index (χ1v) is 11.4. The zero-order valence-corrected chi connectivity index (χ0v) is 18.5. The number of ether oxygens (including phenoxy) is 1. The van der Waals surface area contributed by atoms with Crippen LogP contribution in [0.5, 0.6) is 5.75 Å². The molecule has 8 heteroatoms. The van der Waals surface area contributed by atoms with Crippen molar-refractivity contribution < 1.29 is 17.9 Å². The van der Waals surface area contributed by atoms with E-state index in [-0.39, 0.29) is 10.8 Å². The molecule has 1 aliphatic heterocycles. The van der Waals surface area contributed by atoms with E-state index in [9.17, 15) is 13.2 Å². The molecule has 2 rings (SSSR count). The Labute approximate surface area is 169 Å². The fourth-order valence-electron chi connectivity index (χ4n) is 3.47. The van der Waals surface area contributed by atoms with E-state index in [4.69, 9.17) is 4.74 Å². The van der Waals surface area contributed by atoms with Gasteiger partial charge in [0.15, 0.2) is 0 Å². The molecule has 0 saturated carbocycles. The third-order valence-corrected chi connectivity index (χ3v) is 7.10. The largest absolute Gasteiger partial charge is 0.495 e. The number of hydrogen-bond donors (Lipinski definition) is 0. The van der Waals surface area contributed by atoms with Crippen LogP contribution in [0.3, 0.4) is 0 Å². The lowest BCUT2D eigenvalue weighted by Crippen LogP contribution is -2.49. The molecule has 1 heterocycles. The standard InChI is InChI=1S/C20H33N3O4S/c1-6-23(7-2)28(25,26)17-8-9-19(27-5)18(15-17)21-10-12-22(13-11-21)20(24)14-16(3)4/h8-9,15-16H,6-7,10-14H2,1-5H3. The average Bonchev–Trinajstić information content (AvgIpc) is 2.67. The highest BCUT2D eigenvalue weighted by Gasteiger charge is 2.27. The number of sulfonamides is 1. The van der Waals surface area contributed by atoms with Gasteiger partial charge >= 0.3 is 0 Å². The molecule has 0 N–H and O–H groups in total. The van der Waals surface area contributed by atoms with Gasteiger partial charge in [-0.25, -0.2) is 8.42 Å². The fourth-order valence-corrected chi connectivity index (χ4v) is 4.94. The van der Waals surface area contributed by atoms with Crippen LogP contribution in [0.15, 0.2) is 23.1 Å². The number of anilines is 1. The summed E-state index contributed by atoms with van der Waals surface area (Å²) in [7, 11) is -1.96. The Hall–Kier alpha value is -1.80. The third-order valence-electron chi connectivity index (χ3n) is 5.05. The van der Waals surface area contributed by atoms with Crippen LogP contribution in [0.1, 0.15) is 34.1 Å². The highest BCUT2D eigenvalue weighted by Crippen LogP contribution is 2.32. The van der Waals surface area contributed by atoms with Crippen molar-refractivity contribution in [3.63, 3.8) is 0 Å². The molecule has 0 radical (unpaired) electrons. The molecule has 1 aromatic carbocycles. The first-order valence-electron chi connectivity index (χ1n) is 9.95. The Bertz CT molecular complexity index is 768. The first kappa shape index (κ1) is 22.5. The number of piperazine rings is 1. The van der Waals surface area contributed by atoms with Crippen LogP contribution in [-0.2, 0) is 14.8 Å². The van der Waals surface area contributed by atoms with Crippen LogP contribution in [0.25, 0.3) is 0 Å². The summed E-state index contributed by atoms with van der Waals surface area (Å²) in [4.78, 5) is 16.6. The quantitative estimate of drug-likeness (QED) is 0.657. The summed E-state index contributed by atoms with van der Waals surface area (Å²) < 4.78 is 32.7. The zero-order valence-electron chi connectivity index (χ0n) is 17.6. The summed E-state index contributed by atoms with van der Waals surface area (Å²) in [6.07, 6.45) is 0.556. The lowest BCUT2D eigenvalue weighted by molar-refractivity contribution is -0.132. The number of methoxy groups -OCH3 is 1. The van der Waals surface area contributed by atoms with Gasteiger partial charge in [0.05, 0.1) is 17.7 Å². The molecule has 1 amide bonds. The predicted octanol–water partition coefficient (Wildman–Crippen LogP) is 2.42. The molecule has 0 aromatic heterocycles. The Morgan fingerprint density at radius 2 is 1.75 bits per heavy atom. The molecule has 158 valence electrons. The van der Waals surface area contributed by atoms with Gasteiger partial charge in [0.25, 0.3) is 0 Å². The summed E-state index contributed by atoms with van der Waals surface area (Å²) in [6.45, 7) is 11.2. The maximum atomic E-state index is 12.9. The van der Waals surface area contributed by atoms with Crippen LogP contribution in [-0.4, -0.2) is 69.9 Å². The molecular formula is C20H33N3O4S. The summed E-state index contributed by atoms with van der Waals surface area (Å²) in [5.74, 6) is 1.16. The van der Waals surface area contributed by atoms with E-state index >= 15 is 0 Å². The summed E-state index contributed by atoms with van der Waals surface area (Å²) in [5, 5.41) is 0. The average molecular weight is 412 g/mol. The minimum atomic E-state index is -3.54. The molecule has 0 spiro atoms. The normalized spacial score (nSPS) is 15.4. The number of rotatable bonds is 8. The van der Waals surface area contributed by atoms with E-state index in [1.165, 1.54) is 4.31 Å². The van der Waals surface area contributed by atoms with E-state index in [0.717, 1.165) is 5.69 Å². The molecule has 1 saturated heterocycles. The lowest BCUT2D eigenvalue weighted by Gasteiger charge is -2.37. The predicted molar refractivity (Wildman–Crippen MR) is 111 cm³/mol. The van der Waals surface area contributed by atoms with Gasteiger partial charge in [0, 0.05) is 45.7 Å². The molecule has 0 atom stereocenters. The molecular weight excluding hydrogens is 378 g/mol. The van der Waals surface area contributed by atoms with Crippen molar-refractivity contribution in [1.29, 1.82) is 0 Å². The van der Waals surface area contributed by atoms with E-state index < -0.39 is 10.0 Å². The van der Waals surface area contributed by atoms with Gasteiger partial charge in [0.2, 0.25) is 15.9 Å². The number of nitrogens with zero attached hydrogens (tertiary/aromatic N) is 3. The molecule has 1 aromatic rings. The third kappa shape index (κ3) is 4.97. The molecule has 28 heavy (non-hydrogen) atoms. The monoisotopic (exact) mass is 411 g/mol. The fraction of sp³-hybridized carbons (Fsp3) is 0.650. The van der Waals surface area contributed by atoms with Gasteiger partial charge in [-0.15, -0.1) is 0 Å². The Balaban J connectivity index is 2.23. The van der Waals surface area contributed by atoms with Gasteiger partial charge in [-0.3, -0.25) is 4.79 Å². The smallest absolute Gasteiger partial charge is 0.243 e. The number of carbonyl (C=O) groups is 1. The molecule has 1 aliphatic rings. The van der Waals surface area contributed by atoms with Crippen LogP contribution < -0.4 is 9.64 Å². The number of carbonyl (C=O) groups excluding carboxylic acids is 1. The van der Waals surface area contributed by atoms with E-state index in [0.29, 0.717) is 57.4 Å². The van der Waals surface area contributed by atoms with Crippen LogP contribution in [0, 0.1) is 5.92 Å². The van der Waals surface area contributed by atoms with Crippen molar-refractivity contribution in [1.82, 2.24) is 9.21 Å². The van der Waals surface area contributed by atoms with Crippen molar-refractivity contribution in [3.05, 3.63) is 18.2 Å². The van der Waals surface area contributed by atoms with Gasteiger partial charge in [0.1, 0.15) is 5.75 Å². The van der Waals surface area contributed by atoms with E-state index in [2.05, 4.69) is 4.90 Å². The van der Waals surface area contributed by atoms with Crippen molar-refractivity contribution in [2.45, 2.75) is 39.0 Å². The Morgan fingerprint density at radius 3 is 2.25 bits per heavy atom. The molecule has 0 aliphatic carbocycles. The van der Waals surface area contributed by atoms with E-state index in [1.54, 1.807) is 25.3 Å². The Kier molecular flexibility index (Phi) is 7.71. The molecule has 0 bridgehead atoms. The van der Waals surface area contributed by atoms with Crippen molar-refractivity contribution in [2.75, 3.05) is 51.3 Å². The van der Waals surface area contributed by atoms with Crippen LogP contribution in [0.4, 0.5) is 5.69 Å². The number of benzene rings is 1. The van der Waals surface area contributed by atoms with Gasteiger partial charge in [-0.1, -0.05) is 27.7 Å². The highest BCUT2D eigenvalue weighted by atomic mass is 32.2. The number of hydrogen-bond acceptors (Lipinski definition) is 5. The van der Waals surface area contributed by atoms with Gasteiger partial charge in [-0.2, -0.15) is 4.31 Å². The van der Waals surface area contributed by atoms with Crippen molar-refractivity contribution in [3.8, 4) is 5.75 Å². The maximum Gasteiger partial charge on any atom is 0.243 e. The second kappa shape index (κ2) is 9.60. The zero-order chi connectivity index (χ0) is 20.9. The first-order chi connectivity index (χ1) is 13.2. The minimum Gasteiger partial charge on any atom is -0.495 e. The topological polar surface area (TPSA) is 70.2 Å². The second-order valence-corrected chi connectivity index (χ2v) is 9.33. The van der Waals surface area contributed by atoms with Crippen molar-refractivity contribution in [2.24, 2.45) is 5.92 Å². The molecule has 1 fully saturated rings. The lowest BCUT2D eigenvalue weighted by atomic mass is 10.1. The molecule has 0 unspecified atom stereocenters. The SMILES string of the molecule is CCN(CC)S(=O)(=O)c1ccc(OC)c(N2CCN(C(=O)CC(C)C)CC2)c1. The molecule has 7 nitrogen and oxygen atoms in total. The second-order valence-electron chi connectivity index (χ2n) is 7.39. The number of amides is 1. The van der Waals surface area contributed by atoms with Gasteiger partial charge in [-0.05, 0) is 24.1 Å².